The van der Waals surface area contributed by atoms with E-state index in [0.717, 1.165) is 72.0 Å². The number of pyridine rings is 1. The summed E-state index contributed by atoms with van der Waals surface area (Å²) in [6.07, 6.45) is 9.60. The van der Waals surface area contributed by atoms with Crippen molar-refractivity contribution < 1.29 is 8.94 Å². The first-order valence-corrected chi connectivity index (χ1v) is 10.5. The predicted octanol–water partition coefficient (Wildman–Crippen LogP) is 5.09. The molecule has 3 heterocycles. The maximum absolute atomic E-state index is 6.45. The first kappa shape index (κ1) is 17.6. The van der Waals surface area contributed by atoms with E-state index in [9.17, 15) is 0 Å². The molecule has 0 atom stereocenters. The van der Waals surface area contributed by atoms with E-state index in [1.807, 2.05) is 30.3 Å². The fourth-order valence-electron chi connectivity index (χ4n) is 4.57. The molecule has 1 aromatic carbocycles. The molecule has 150 valence electrons. The Kier molecular flexibility index (Phi) is 3.89. The van der Waals surface area contributed by atoms with Gasteiger partial charge in [-0.25, -0.2) is 4.98 Å². The molecule has 0 radical (unpaired) electrons. The van der Waals surface area contributed by atoms with Crippen LogP contribution in [0.25, 0.3) is 34.0 Å². The van der Waals surface area contributed by atoms with Crippen molar-refractivity contribution in [3.63, 3.8) is 0 Å². The van der Waals surface area contributed by atoms with Crippen molar-refractivity contribution in [3.8, 4) is 11.5 Å². The standard InChI is InChI=1S/C24H22N4O2/c25-24(11-5-12-24)23-27-22(30-28-23)20-17-8-1-2-10-19(17)26-21-15(6-3-9-18(20)21)14-16-7-4-13-29-16/h1-2,4,7-8,10,13-14H,3,5-6,9,11-12,25H2/b15-14-. The largest absolute Gasteiger partial charge is 0.465 e. The summed E-state index contributed by atoms with van der Waals surface area (Å²) < 4.78 is 11.3. The normalized spacial score (nSPS) is 19.0. The van der Waals surface area contributed by atoms with Crippen LogP contribution in [0.2, 0.25) is 0 Å². The molecule has 2 N–H and O–H groups in total. The molecule has 0 unspecified atom stereocenters. The summed E-state index contributed by atoms with van der Waals surface area (Å²) in [4.78, 5) is 9.79. The Morgan fingerprint density at radius 3 is 2.70 bits per heavy atom. The molecule has 1 saturated carbocycles. The highest BCUT2D eigenvalue weighted by Crippen LogP contribution is 2.42. The van der Waals surface area contributed by atoms with Crippen molar-refractivity contribution in [2.75, 3.05) is 0 Å². The maximum atomic E-state index is 6.45. The molecular formula is C24H22N4O2. The summed E-state index contributed by atoms with van der Waals surface area (Å²) >= 11 is 0. The summed E-state index contributed by atoms with van der Waals surface area (Å²) in [5.74, 6) is 1.99. The van der Waals surface area contributed by atoms with Crippen LogP contribution in [-0.4, -0.2) is 15.1 Å². The molecule has 0 spiro atoms. The number of allylic oxidation sites excluding steroid dienone is 1. The van der Waals surface area contributed by atoms with Crippen molar-refractivity contribution in [3.05, 3.63) is 65.5 Å². The fourth-order valence-corrected chi connectivity index (χ4v) is 4.57. The van der Waals surface area contributed by atoms with E-state index in [-0.39, 0.29) is 0 Å². The van der Waals surface area contributed by atoms with E-state index in [0.29, 0.717) is 11.7 Å². The smallest absolute Gasteiger partial charge is 0.259 e. The van der Waals surface area contributed by atoms with Gasteiger partial charge in [0, 0.05) is 5.39 Å². The van der Waals surface area contributed by atoms with Crippen LogP contribution >= 0.6 is 0 Å². The van der Waals surface area contributed by atoms with Gasteiger partial charge in [-0.2, -0.15) is 4.98 Å². The number of furan rings is 1. The van der Waals surface area contributed by atoms with E-state index >= 15 is 0 Å². The first-order chi connectivity index (χ1) is 14.7. The highest BCUT2D eigenvalue weighted by atomic mass is 16.5. The minimum absolute atomic E-state index is 0.449. The molecule has 2 aliphatic rings. The Labute approximate surface area is 173 Å². The SMILES string of the molecule is NC1(c2noc(-c3c4c(nc5ccccc35)/C(=C\c3ccco3)CCC4)n2)CCC1. The van der Waals surface area contributed by atoms with Crippen LogP contribution in [0.4, 0.5) is 0 Å². The van der Waals surface area contributed by atoms with Crippen molar-refractivity contribution >= 4 is 22.6 Å². The molecule has 6 heteroatoms. The van der Waals surface area contributed by atoms with Gasteiger partial charge in [-0.1, -0.05) is 23.4 Å². The van der Waals surface area contributed by atoms with Gasteiger partial charge >= 0.3 is 0 Å². The number of hydrogen-bond donors (Lipinski definition) is 1. The number of fused-ring (bicyclic) bond motifs is 2. The van der Waals surface area contributed by atoms with Crippen molar-refractivity contribution in [2.24, 2.45) is 5.73 Å². The lowest BCUT2D eigenvalue weighted by Gasteiger charge is -2.34. The van der Waals surface area contributed by atoms with Crippen molar-refractivity contribution in [1.29, 1.82) is 0 Å². The molecule has 30 heavy (non-hydrogen) atoms. The lowest BCUT2D eigenvalue weighted by molar-refractivity contribution is 0.229. The number of aromatic nitrogens is 3. The summed E-state index contributed by atoms with van der Waals surface area (Å²) in [5, 5.41) is 5.29. The molecule has 1 fully saturated rings. The average Bonchev–Trinajstić information content (AvgIpc) is 3.43. The number of benzene rings is 1. The number of rotatable bonds is 3. The molecule has 0 saturated heterocycles. The van der Waals surface area contributed by atoms with Gasteiger partial charge in [0.2, 0.25) is 0 Å². The van der Waals surface area contributed by atoms with E-state index in [1.165, 1.54) is 5.57 Å². The minimum atomic E-state index is -0.449. The Bertz CT molecular complexity index is 1270. The second-order valence-electron chi connectivity index (χ2n) is 8.30. The van der Waals surface area contributed by atoms with E-state index < -0.39 is 5.54 Å². The Hall–Kier alpha value is -3.25. The predicted molar refractivity (Wildman–Crippen MR) is 114 cm³/mol. The molecule has 0 amide bonds. The molecule has 0 aliphatic heterocycles. The molecule has 3 aromatic heterocycles. The third-order valence-electron chi connectivity index (χ3n) is 6.36. The van der Waals surface area contributed by atoms with Gasteiger partial charge in [-0.3, -0.25) is 0 Å². The number of nitrogens with zero attached hydrogens (tertiary/aromatic N) is 3. The Morgan fingerprint density at radius 1 is 1.00 bits per heavy atom. The molecule has 2 aliphatic carbocycles. The fraction of sp³-hybridized carbons (Fsp3) is 0.292. The third-order valence-corrected chi connectivity index (χ3v) is 6.36. The van der Waals surface area contributed by atoms with Gasteiger partial charge in [0.1, 0.15) is 5.76 Å². The first-order valence-electron chi connectivity index (χ1n) is 10.5. The van der Waals surface area contributed by atoms with Crippen LogP contribution in [0.15, 0.2) is 51.6 Å². The van der Waals surface area contributed by atoms with Gasteiger partial charge in [0.05, 0.1) is 28.6 Å². The monoisotopic (exact) mass is 398 g/mol. The average molecular weight is 398 g/mol. The molecule has 4 aromatic rings. The van der Waals surface area contributed by atoms with Crippen LogP contribution in [0.3, 0.4) is 0 Å². The summed E-state index contributed by atoms with van der Waals surface area (Å²) in [5.41, 5.74) is 11.2. The second kappa shape index (κ2) is 6.64. The quantitative estimate of drug-likeness (QED) is 0.517. The van der Waals surface area contributed by atoms with Crippen LogP contribution < -0.4 is 5.73 Å². The Balaban J connectivity index is 1.57. The highest BCUT2D eigenvalue weighted by molar-refractivity contribution is 5.98. The Morgan fingerprint density at radius 2 is 1.90 bits per heavy atom. The molecule has 0 bridgehead atoms. The van der Waals surface area contributed by atoms with Gasteiger partial charge in [-0.05, 0) is 73.9 Å². The van der Waals surface area contributed by atoms with Gasteiger partial charge in [0.15, 0.2) is 5.82 Å². The topological polar surface area (TPSA) is 91.0 Å². The second-order valence-corrected chi connectivity index (χ2v) is 8.30. The molecule has 6 rings (SSSR count). The minimum Gasteiger partial charge on any atom is -0.465 e. The lowest BCUT2D eigenvalue weighted by Crippen LogP contribution is -2.44. The number of hydrogen-bond acceptors (Lipinski definition) is 6. The summed E-state index contributed by atoms with van der Waals surface area (Å²) in [7, 11) is 0. The third kappa shape index (κ3) is 2.71. The van der Waals surface area contributed by atoms with E-state index in [1.54, 1.807) is 6.26 Å². The lowest BCUT2D eigenvalue weighted by atomic mass is 9.77. The van der Waals surface area contributed by atoms with Crippen LogP contribution in [0.5, 0.6) is 0 Å². The maximum Gasteiger partial charge on any atom is 0.259 e. The summed E-state index contributed by atoms with van der Waals surface area (Å²) in [6.45, 7) is 0. The van der Waals surface area contributed by atoms with E-state index in [2.05, 4.69) is 17.3 Å². The number of para-hydroxylation sites is 1. The zero-order chi connectivity index (χ0) is 20.1. The van der Waals surface area contributed by atoms with E-state index in [4.69, 9.17) is 24.6 Å². The van der Waals surface area contributed by atoms with Crippen molar-refractivity contribution in [1.82, 2.24) is 15.1 Å². The van der Waals surface area contributed by atoms with Gasteiger partial charge in [0.25, 0.3) is 5.89 Å². The molecular weight excluding hydrogens is 376 g/mol. The van der Waals surface area contributed by atoms with Crippen molar-refractivity contribution in [2.45, 2.75) is 44.1 Å². The van der Waals surface area contributed by atoms with Crippen LogP contribution in [-0.2, 0) is 12.0 Å². The van der Waals surface area contributed by atoms with Crippen LogP contribution in [0, 0.1) is 0 Å². The van der Waals surface area contributed by atoms with Gasteiger partial charge < -0.3 is 14.7 Å². The summed E-state index contributed by atoms with van der Waals surface area (Å²) in [6, 6.07) is 12.0. The zero-order valence-electron chi connectivity index (χ0n) is 16.6. The zero-order valence-corrected chi connectivity index (χ0v) is 16.6. The number of nitrogens with two attached hydrogens (primary N) is 1. The highest BCUT2D eigenvalue weighted by Gasteiger charge is 2.39. The van der Waals surface area contributed by atoms with Gasteiger partial charge in [-0.15, -0.1) is 0 Å². The van der Waals surface area contributed by atoms with Crippen LogP contribution in [0.1, 0.15) is 54.9 Å². The molecule has 6 nitrogen and oxygen atoms in total.